The first-order chi connectivity index (χ1) is 10.9. The number of benzene rings is 1. The van der Waals surface area contributed by atoms with Crippen molar-refractivity contribution >= 4 is 27.2 Å². The molecule has 7 heteroatoms. The van der Waals surface area contributed by atoms with Crippen molar-refractivity contribution in [2.45, 2.75) is 18.2 Å². The number of sulfone groups is 1. The van der Waals surface area contributed by atoms with Crippen LogP contribution in [0.3, 0.4) is 0 Å². The number of anilines is 2. The second-order valence-corrected chi connectivity index (χ2v) is 7.16. The summed E-state index contributed by atoms with van der Waals surface area (Å²) in [5.41, 5.74) is 1.82. The maximum Gasteiger partial charge on any atom is 0.221 e. The monoisotopic (exact) mass is 333 g/mol. The lowest BCUT2D eigenvalue weighted by Gasteiger charge is -2.10. The molecule has 1 aromatic heterocycles. The van der Waals surface area contributed by atoms with Gasteiger partial charge >= 0.3 is 0 Å². The van der Waals surface area contributed by atoms with Gasteiger partial charge in [-0.1, -0.05) is 12.1 Å². The molecule has 1 heterocycles. The first kappa shape index (κ1) is 17.0. The molecule has 6 nitrogen and oxygen atoms in total. The third-order valence-electron chi connectivity index (χ3n) is 3.15. The smallest absolute Gasteiger partial charge is 0.221 e. The van der Waals surface area contributed by atoms with Crippen molar-refractivity contribution in [3.8, 4) is 0 Å². The predicted octanol–water partition coefficient (Wildman–Crippen LogP) is 2.10. The second-order valence-electron chi connectivity index (χ2n) is 5.18. The summed E-state index contributed by atoms with van der Waals surface area (Å²) in [6.45, 7) is 2.02. The SMILES string of the molecule is CC(=O)Nc1ccc(CCNc2ncccc2S(C)(=O)=O)cc1. The van der Waals surface area contributed by atoms with Crippen LogP contribution in [0.25, 0.3) is 0 Å². The lowest BCUT2D eigenvalue weighted by atomic mass is 10.1. The topological polar surface area (TPSA) is 88.2 Å². The molecule has 122 valence electrons. The highest BCUT2D eigenvalue weighted by molar-refractivity contribution is 7.90. The van der Waals surface area contributed by atoms with Gasteiger partial charge in [-0.3, -0.25) is 4.79 Å². The summed E-state index contributed by atoms with van der Waals surface area (Å²) in [4.78, 5) is 15.2. The molecule has 0 atom stereocenters. The van der Waals surface area contributed by atoms with E-state index in [4.69, 9.17) is 0 Å². The van der Waals surface area contributed by atoms with E-state index in [9.17, 15) is 13.2 Å². The maximum atomic E-state index is 11.7. The normalized spacial score (nSPS) is 11.0. The molecule has 2 N–H and O–H groups in total. The molecule has 2 rings (SSSR count). The highest BCUT2D eigenvalue weighted by Gasteiger charge is 2.13. The van der Waals surface area contributed by atoms with Crippen molar-refractivity contribution in [2.75, 3.05) is 23.4 Å². The minimum Gasteiger partial charge on any atom is -0.369 e. The predicted molar refractivity (Wildman–Crippen MR) is 90.3 cm³/mol. The van der Waals surface area contributed by atoms with Gasteiger partial charge in [-0.25, -0.2) is 13.4 Å². The lowest BCUT2D eigenvalue weighted by Crippen LogP contribution is -2.11. The van der Waals surface area contributed by atoms with Crippen molar-refractivity contribution in [3.05, 3.63) is 48.2 Å². The Morgan fingerprint density at radius 1 is 1.17 bits per heavy atom. The number of hydrogen-bond donors (Lipinski definition) is 2. The van der Waals surface area contributed by atoms with Crippen molar-refractivity contribution in [1.82, 2.24) is 4.98 Å². The van der Waals surface area contributed by atoms with Gasteiger partial charge in [0.25, 0.3) is 0 Å². The molecule has 0 aliphatic heterocycles. The number of amides is 1. The van der Waals surface area contributed by atoms with Gasteiger partial charge in [-0.05, 0) is 36.2 Å². The molecule has 0 saturated heterocycles. The number of carbonyl (C=O) groups is 1. The Bertz CT molecular complexity index is 786. The average Bonchev–Trinajstić information content (AvgIpc) is 2.48. The van der Waals surface area contributed by atoms with Gasteiger partial charge in [-0.15, -0.1) is 0 Å². The molecular formula is C16H19N3O3S. The Morgan fingerprint density at radius 3 is 2.48 bits per heavy atom. The second kappa shape index (κ2) is 7.23. The molecule has 0 aliphatic rings. The zero-order chi connectivity index (χ0) is 16.9. The molecule has 0 aliphatic carbocycles. The van der Waals surface area contributed by atoms with Gasteiger partial charge in [0.15, 0.2) is 9.84 Å². The van der Waals surface area contributed by atoms with E-state index >= 15 is 0 Å². The molecule has 0 fully saturated rings. The van der Waals surface area contributed by atoms with Gasteiger partial charge in [0.05, 0.1) is 0 Å². The minimum atomic E-state index is -3.31. The third-order valence-corrected chi connectivity index (χ3v) is 4.28. The summed E-state index contributed by atoms with van der Waals surface area (Å²) in [5.74, 6) is 0.257. The summed E-state index contributed by atoms with van der Waals surface area (Å²) >= 11 is 0. The van der Waals surface area contributed by atoms with Crippen molar-refractivity contribution in [2.24, 2.45) is 0 Å². The Labute approximate surface area is 135 Å². The van der Waals surface area contributed by atoms with Gasteiger partial charge in [0.1, 0.15) is 10.7 Å². The molecule has 1 aromatic carbocycles. The molecular weight excluding hydrogens is 314 g/mol. The van der Waals surface area contributed by atoms with E-state index in [-0.39, 0.29) is 10.8 Å². The molecule has 2 aromatic rings. The summed E-state index contributed by atoms with van der Waals surface area (Å²) in [6, 6.07) is 10.6. The molecule has 1 amide bonds. The molecule has 0 unspecified atom stereocenters. The van der Waals surface area contributed by atoms with E-state index in [1.54, 1.807) is 12.3 Å². The van der Waals surface area contributed by atoms with E-state index in [0.29, 0.717) is 18.8 Å². The van der Waals surface area contributed by atoms with Crippen LogP contribution in [0.4, 0.5) is 11.5 Å². The number of hydrogen-bond acceptors (Lipinski definition) is 5. The Hall–Kier alpha value is -2.41. The van der Waals surface area contributed by atoms with Crippen LogP contribution in [0.2, 0.25) is 0 Å². The molecule has 0 bridgehead atoms. The van der Waals surface area contributed by atoms with Crippen LogP contribution in [0.1, 0.15) is 12.5 Å². The molecule has 0 spiro atoms. The largest absolute Gasteiger partial charge is 0.369 e. The number of rotatable bonds is 6. The van der Waals surface area contributed by atoms with Gasteiger partial charge in [0.2, 0.25) is 5.91 Å². The Morgan fingerprint density at radius 2 is 1.87 bits per heavy atom. The Kier molecular flexibility index (Phi) is 5.33. The average molecular weight is 333 g/mol. The molecule has 0 radical (unpaired) electrons. The van der Waals surface area contributed by atoms with Crippen LogP contribution in [-0.2, 0) is 21.1 Å². The van der Waals surface area contributed by atoms with Crippen molar-refractivity contribution < 1.29 is 13.2 Å². The van der Waals surface area contributed by atoms with Crippen LogP contribution in [0, 0.1) is 0 Å². The fraction of sp³-hybridized carbons (Fsp3) is 0.250. The standard InChI is InChI=1S/C16H19N3O3S/c1-12(20)19-14-7-5-13(6-8-14)9-11-18-16-15(23(2,21)22)4-3-10-17-16/h3-8,10H,9,11H2,1-2H3,(H,17,18)(H,19,20). The van der Waals surface area contributed by atoms with Crippen molar-refractivity contribution in [3.63, 3.8) is 0 Å². The van der Waals surface area contributed by atoms with Gasteiger partial charge in [0, 0.05) is 31.6 Å². The molecule has 23 heavy (non-hydrogen) atoms. The third kappa shape index (κ3) is 5.07. The van der Waals surface area contributed by atoms with Crippen LogP contribution >= 0.6 is 0 Å². The highest BCUT2D eigenvalue weighted by Crippen LogP contribution is 2.17. The Balaban J connectivity index is 1.97. The first-order valence-corrected chi connectivity index (χ1v) is 9.01. The fourth-order valence-electron chi connectivity index (χ4n) is 2.11. The summed E-state index contributed by atoms with van der Waals surface area (Å²) in [7, 11) is -3.31. The quantitative estimate of drug-likeness (QED) is 0.845. The van der Waals surface area contributed by atoms with Gasteiger partial charge in [-0.2, -0.15) is 0 Å². The summed E-state index contributed by atoms with van der Waals surface area (Å²) < 4.78 is 23.4. The lowest BCUT2D eigenvalue weighted by molar-refractivity contribution is -0.114. The van der Waals surface area contributed by atoms with Crippen LogP contribution in [-0.4, -0.2) is 32.1 Å². The molecule has 0 saturated carbocycles. The fourth-order valence-corrected chi connectivity index (χ4v) is 2.91. The van der Waals surface area contributed by atoms with E-state index in [2.05, 4.69) is 15.6 Å². The van der Waals surface area contributed by atoms with E-state index < -0.39 is 9.84 Å². The number of aromatic nitrogens is 1. The van der Waals surface area contributed by atoms with E-state index in [1.165, 1.54) is 13.0 Å². The summed E-state index contributed by atoms with van der Waals surface area (Å²) in [6.07, 6.45) is 3.43. The van der Waals surface area contributed by atoms with Crippen LogP contribution in [0.15, 0.2) is 47.5 Å². The number of nitrogens with zero attached hydrogens (tertiary/aromatic N) is 1. The van der Waals surface area contributed by atoms with Crippen LogP contribution < -0.4 is 10.6 Å². The first-order valence-electron chi connectivity index (χ1n) is 7.12. The van der Waals surface area contributed by atoms with E-state index in [1.807, 2.05) is 24.3 Å². The zero-order valence-electron chi connectivity index (χ0n) is 13.0. The van der Waals surface area contributed by atoms with Crippen LogP contribution in [0.5, 0.6) is 0 Å². The van der Waals surface area contributed by atoms with Gasteiger partial charge < -0.3 is 10.6 Å². The van der Waals surface area contributed by atoms with E-state index in [0.717, 1.165) is 17.5 Å². The number of carbonyl (C=O) groups excluding carboxylic acids is 1. The zero-order valence-corrected chi connectivity index (χ0v) is 13.9. The number of nitrogens with one attached hydrogen (secondary N) is 2. The highest BCUT2D eigenvalue weighted by atomic mass is 32.2. The number of pyridine rings is 1. The maximum absolute atomic E-state index is 11.7. The van der Waals surface area contributed by atoms with Crippen molar-refractivity contribution in [1.29, 1.82) is 0 Å². The minimum absolute atomic E-state index is 0.108. The summed E-state index contributed by atoms with van der Waals surface area (Å²) in [5, 5.41) is 5.76.